The lowest BCUT2D eigenvalue weighted by Crippen LogP contribution is -2.56. The summed E-state index contributed by atoms with van der Waals surface area (Å²) in [7, 11) is -0.129. The van der Waals surface area contributed by atoms with Gasteiger partial charge in [-0.25, -0.2) is 8.42 Å². The second kappa shape index (κ2) is 9.96. The molecule has 1 atom stereocenters. The summed E-state index contributed by atoms with van der Waals surface area (Å²) in [5, 5.41) is 0.580. The van der Waals surface area contributed by atoms with Gasteiger partial charge in [-0.05, 0) is 48.9 Å². The highest BCUT2D eigenvalue weighted by molar-refractivity contribution is 7.89. The van der Waals surface area contributed by atoms with Gasteiger partial charge in [0.05, 0.1) is 4.90 Å². The first-order valence-electron chi connectivity index (χ1n) is 10.4. The van der Waals surface area contributed by atoms with Crippen molar-refractivity contribution < 1.29 is 8.42 Å². The lowest BCUT2D eigenvalue weighted by Gasteiger charge is -2.48. The van der Waals surface area contributed by atoms with E-state index >= 15 is 0 Å². The molecule has 0 amide bonds. The number of rotatable bonds is 9. The number of nitrogens with zero attached hydrogens (tertiary/aromatic N) is 2. The highest BCUT2D eigenvalue weighted by atomic mass is 35.5. The van der Waals surface area contributed by atoms with Crippen LogP contribution in [0.3, 0.4) is 0 Å². The Hall–Kier alpha value is -2.18. The van der Waals surface area contributed by atoms with Crippen LogP contribution in [0, 0.1) is 0 Å². The van der Waals surface area contributed by atoms with Crippen molar-refractivity contribution in [2.75, 3.05) is 14.1 Å². The van der Waals surface area contributed by atoms with Crippen molar-refractivity contribution in [1.29, 1.82) is 0 Å². The standard InChI is InChI=1S/C25H29ClN2O2S/c1-4-18-25(22-14-11-15-23(26)19-22,27(2)20-21-12-7-5-8-13-21)28(3)31(29,30)24-16-9-6-10-17-24/h5-17,19H,4,18,20H2,1-3H3/t25-/m0/s1. The maximum atomic E-state index is 13.7. The summed E-state index contributed by atoms with van der Waals surface area (Å²) in [6, 6.07) is 26.2. The van der Waals surface area contributed by atoms with Crippen LogP contribution in [0.1, 0.15) is 30.9 Å². The number of hydrogen-bond acceptors (Lipinski definition) is 3. The highest BCUT2D eigenvalue weighted by Gasteiger charge is 2.45. The molecule has 0 saturated heterocycles. The Morgan fingerprint density at radius 2 is 1.48 bits per heavy atom. The van der Waals surface area contributed by atoms with E-state index in [0.29, 0.717) is 18.0 Å². The van der Waals surface area contributed by atoms with E-state index < -0.39 is 15.7 Å². The second-order valence-corrected chi connectivity index (χ2v) is 10.1. The fourth-order valence-corrected chi connectivity index (χ4v) is 5.90. The molecule has 0 spiro atoms. The lowest BCUT2D eigenvalue weighted by molar-refractivity contribution is 0.00179. The lowest BCUT2D eigenvalue weighted by atomic mass is 9.92. The summed E-state index contributed by atoms with van der Waals surface area (Å²) >= 11 is 6.37. The van der Waals surface area contributed by atoms with Gasteiger partial charge >= 0.3 is 0 Å². The number of hydrogen-bond donors (Lipinski definition) is 0. The Labute approximate surface area is 191 Å². The van der Waals surface area contributed by atoms with E-state index in [1.807, 2.05) is 55.6 Å². The van der Waals surface area contributed by atoms with Crippen molar-refractivity contribution in [2.45, 2.75) is 36.9 Å². The molecule has 0 aliphatic heterocycles. The molecule has 0 heterocycles. The van der Waals surface area contributed by atoms with E-state index in [9.17, 15) is 8.42 Å². The summed E-state index contributed by atoms with van der Waals surface area (Å²) in [6.07, 6.45) is 1.40. The monoisotopic (exact) mass is 456 g/mol. The molecule has 3 rings (SSSR count). The zero-order valence-corrected chi connectivity index (χ0v) is 19.8. The molecule has 0 saturated carbocycles. The van der Waals surface area contributed by atoms with Gasteiger partial charge in [0.25, 0.3) is 0 Å². The zero-order valence-electron chi connectivity index (χ0n) is 18.2. The van der Waals surface area contributed by atoms with Crippen LogP contribution in [-0.4, -0.2) is 31.7 Å². The van der Waals surface area contributed by atoms with Crippen molar-refractivity contribution >= 4 is 21.6 Å². The van der Waals surface area contributed by atoms with Crippen LogP contribution >= 0.6 is 11.6 Å². The van der Waals surface area contributed by atoms with Gasteiger partial charge in [0, 0.05) is 18.6 Å². The molecule has 0 aliphatic carbocycles. The summed E-state index contributed by atoms with van der Waals surface area (Å²) in [5.41, 5.74) is 1.05. The average Bonchev–Trinajstić information content (AvgIpc) is 2.78. The van der Waals surface area contributed by atoms with Crippen LogP contribution in [0.5, 0.6) is 0 Å². The van der Waals surface area contributed by atoms with Gasteiger partial charge in [-0.1, -0.05) is 85.6 Å². The third-order valence-corrected chi connectivity index (χ3v) is 7.83. The Morgan fingerprint density at radius 3 is 2.06 bits per heavy atom. The number of sulfonamides is 1. The predicted molar refractivity (Wildman–Crippen MR) is 127 cm³/mol. The molecule has 0 aliphatic rings. The SMILES string of the molecule is CCC[C@](c1cccc(Cl)c1)(N(C)Cc1ccccc1)N(C)S(=O)(=O)c1ccccc1. The van der Waals surface area contributed by atoms with E-state index in [4.69, 9.17) is 11.6 Å². The van der Waals surface area contributed by atoms with Crippen molar-refractivity contribution in [3.8, 4) is 0 Å². The largest absolute Gasteiger partial charge is 0.279 e. The molecule has 0 aromatic heterocycles. The Balaban J connectivity index is 2.18. The van der Waals surface area contributed by atoms with Crippen molar-refractivity contribution in [3.63, 3.8) is 0 Å². The van der Waals surface area contributed by atoms with E-state index in [1.54, 1.807) is 31.3 Å². The van der Waals surface area contributed by atoms with E-state index in [2.05, 4.69) is 24.0 Å². The minimum atomic E-state index is -3.77. The highest BCUT2D eigenvalue weighted by Crippen LogP contribution is 2.40. The van der Waals surface area contributed by atoms with Crippen LogP contribution in [0.15, 0.2) is 89.8 Å². The molecule has 3 aromatic rings. The molecule has 0 unspecified atom stereocenters. The molecule has 0 bridgehead atoms. The maximum absolute atomic E-state index is 13.7. The van der Waals surface area contributed by atoms with E-state index in [-0.39, 0.29) is 4.90 Å². The first-order valence-corrected chi connectivity index (χ1v) is 12.2. The summed E-state index contributed by atoms with van der Waals surface area (Å²) in [6.45, 7) is 2.65. The molecule has 6 heteroatoms. The van der Waals surface area contributed by atoms with E-state index in [0.717, 1.165) is 17.5 Å². The van der Waals surface area contributed by atoms with Crippen LogP contribution in [0.4, 0.5) is 0 Å². The smallest absolute Gasteiger partial charge is 0.244 e. The van der Waals surface area contributed by atoms with Crippen LogP contribution in [0.25, 0.3) is 0 Å². The number of benzene rings is 3. The molecular weight excluding hydrogens is 428 g/mol. The topological polar surface area (TPSA) is 40.6 Å². The normalized spacial score (nSPS) is 14.0. The van der Waals surface area contributed by atoms with Crippen LogP contribution in [-0.2, 0) is 22.2 Å². The second-order valence-electron chi connectivity index (χ2n) is 7.70. The Kier molecular flexibility index (Phi) is 7.55. The quantitative estimate of drug-likeness (QED) is 0.385. The molecule has 4 nitrogen and oxygen atoms in total. The molecule has 0 fully saturated rings. The molecule has 0 radical (unpaired) electrons. The minimum absolute atomic E-state index is 0.271. The fraction of sp³-hybridized carbons (Fsp3) is 0.280. The van der Waals surface area contributed by atoms with Crippen LogP contribution in [0.2, 0.25) is 5.02 Å². The Morgan fingerprint density at radius 1 is 0.871 bits per heavy atom. The van der Waals surface area contributed by atoms with Gasteiger partial charge in [-0.3, -0.25) is 4.90 Å². The van der Waals surface area contributed by atoms with Crippen molar-refractivity contribution in [1.82, 2.24) is 9.21 Å². The van der Waals surface area contributed by atoms with Gasteiger partial charge in [-0.15, -0.1) is 0 Å². The van der Waals surface area contributed by atoms with Gasteiger partial charge in [0.2, 0.25) is 10.0 Å². The zero-order chi connectivity index (χ0) is 22.5. The first kappa shape index (κ1) is 23.5. The Bertz CT molecular complexity index is 1090. The fourth-order valence-electron chi connectivity index (χ4n) is 4.16. The summed E-state index contributed by atoms with van der Waals surface area (Å²) in [5.74, 6) is 0. The molecule has 164 valence electrons. The van der Waals surface area contributed by atoms with Gasteiger partial charge in [0.15, 0.2) is 0 Å². The number of halogens is 1. The van der Waals surface area contributed by atoms with Crippen molar-refractivity contribution in [2.24, 2.45) is 0 Å². The molecule has 31 heavy (non-hydrogen) atoms. The molecule has 3 aromatic carbocycles. The van der Waals surface area contributed by atoms with Gasteiger partial charge in [-0.2, -0.15) is 4.31 Å². The summed E-state index contributed by atoms with van der Waals surface area (Å²) in [4.78, 5) is 2.38. The minimum Gasteiger partial charge on any atom is -0.279 e. The first-order chi connectivity index (χ1) is 14.8. The third-order valence-electron chi connectivity index (χ3n) is 5.70. The molecular formula is C25H29ClN2O2S. The van der Waals surface area contributed by atoms with Gasteiger partial charge < -0.3 is 0 Å². The van der Waals surface area contributed by atoms with E-state index in [1.165, 1.54) is 4.31 Å². The van der Waals surface area contributed by atoms with Gasteiger partial charge in [0.1, 0.15) is 5.66 Å². The third kappa shape index (κ3) is 4.85. The average molecular weight is 457 g/mol. The summed E-state index contributed by atoms with van der Waals surface area (Å²) < 4.78 is 29.0. The predicted octanol–water partition coefficient (Wildman–Crippen LogP) is 5.75. The van der Waals surface area contributed by atoms with Crippen LogP contribution < -0.4 is 0 Å². The van der Waals surface area contributed by atoms with Crippen molar-refractivity contribution in [3.05, 3.63) is 101 Å². The maximum Gasteiger partial charge on any atom is 0.244 e. The molecule has 0 N–H and O–H groups in total.